The molecule has 1 N–H and O–H groups in total. The van der Waals surface area contributed by atoms with Gasteiger partial charge in [0.2, 0.25) is 0 Å². The van der Waals surface area contributed by atoms with Crippen LogP contribution < -0.4 is 19.5 Å². The van der Waals surface area contributed by atoms with Crippen LogP contribution in [0.15, 0.2) is 46.3 Å². The van der Waals surface area contributed by atoms with E-state index in [9.17, 15) is 4.79 Å². The number of methoxy groups -OCH3 is 1. The number of amidine groups is 1. The number of halogens is 1. The lowest BCUT2D eigenvalue weighted by Crippen LogP contribution is -2.19. The largest absolute Gasteiger partial charge is 0.497 e. The van der Waals surface area contributed by atoms with E-state index >= 15 is 0 Å². The van der Waals surface area contributed by atoms with E-state index in [1.807, 2.05) is 51.1 Å². The number of aliphatic imine (C=N–C) groups is 1. The maximum Gasteiger partial charge on any atom is 0.264 e. The fourth-order valence-corrected chi connectivity index (χ4v) is 3.80. The Morgan fingerprint density at radius 2 is 1.97 bits per heavy atom. The van der Waals surface area contributed by atoms with Crippen molar-refractivity contribution in [3.63, 3.8) is 0 Å². The van der Waals surface area contributed by atoms with Crippen molar-refractivity contribution in [2.45, 2.75) is 26.9 Å². The second-order valence-electron chi connectivity index (χ2n) is 6.61. The molecule has 0 atom stereocenters. The minimum absolute atomic E-state index is 0.0428. The van der Waals surface area contributed by atoms with Crippen LogP contribution in [0, 0.1) is 0 Å². The smallest absolute Gasteiger partial charge is 0.264 e. The topological polar surface area (TPSA) is 69.2 Å². The van der Waals surface area contributed by atoms with Crippen LogP contribution in [-0.2, 0) is 4.79 Å². The van der Waals surface area contributed by atoms with Crippen molar-refractivity contribution in [1.82, 2.24) is 5.32 Å². The molecule has 0 aromatic heterocycles. The van der Waals surface area contributed by atoms with Crippen molar-refractivity contribution in [3.05, 3.63) is 51.9 Å². The highest BCUT2D eigenvalue weighted by Crippen LogP contribution is 2.39. The summed E-state index contributed by atoms with van der Waals surface area (Å²) in [5.74, 6) is 1.57. The van der Waals surface area contributed by atoms with E-state index in [1.165, 1.54) is 11.8 Å². The number of nitrogens with zero attached hydrogens (tertiary/aromatic N) is 1. The summed E-state index contributed by atoms with van der Waals surface area (Å²) in [5.41, 5.74) is 1.46. The monoisotopic (exact) mass is 446 g/mol. The molecule has 1 aliphatic rings. The lowest BCUT2D eigenvalue weighted by atomic mass is 10.1. The predicted molar refractivity (Wildman–Crippen MR) is 122 cm³/mol. The summed E-state index contributed by atoms with van der Waals surface area (Å²) in [4.78, 5) is 17.4. The zero-order valence-corrected chi connectivity index (χ0v) is 18.8. The fraction of sp³-hybridized carbons (Fsp3) is 0.273. The summed E-state index contributed by atoms with van der Waals surface area (Å²) in [6.45, 7) is 6.20. The van der Waals surface area contributed by atoms with Gasteiger partial charge in [0.05, 0.1) is 35.4 Å². The number of nitrogens with one attached hydrogen (secondary N) is 1. The third kappa shape index (κ3) is 5.49. The molecule has 1 heterocycles. The van der Waals surface area contributed by atoms with Gasteiger partial charge in [-0.1, -0.05) is 11.6 Å². The molecule has 1 aliphatic heterocycles. The van der Waals surface area contributed by atoms with Crippen LogP contribution in [0.3, 0.4) is 0 Å². The maximum atomic E-state index is 12.4. The molecular weight excluding hydrogens is 424 g/mol. The summed E-state index contributed by atoms with van der Waals surface area (Å²) in [6, 6.07) is 10.8. The molecule has 6 nitrogen and oxygen atoms in total. The van der Waals surface area contributed by atoms with Gasteiger partial charge in [0.25, 0.3) is 5.91 Å². The molecular formula is C22H23ClN2O4S. The second kappa shape index (κ2) is 9.91. The van der Waals surface area contributed by atoms with Gasteiger partial charge in [-0.15, -0.1) is 0 Å². The summed E-state index contributed by atoms with van der Waals surface area (Å²) in [7, 11) is 1.61. The van der Waals surface area contributed by atoms with Crippen LogP contribution in [0.5, 0.6) is 17.2 Å². The molecule has 8 heteroatoms. The zero-order chi connectivity index (χ0) is 21.7. The van der Waals surface area contributed by atoms with Crippen LogP contribution in [-0.4, -0.2) is 30.9 Å². The third-order valence-electron chi connectivity index (χ3n) is 3.94. The van der Waals surface area contributed by atoms with Gasteiger partial charge in [-0.25, -0.2) is 4.99 Å². The van der Waals surface area contributed by atoms with Crippen molar-refractivity contribution in [2.24, 2.45) is 4.99 Å². The fourth-order valence-electron chi connectivity index (χ4n) is 2.69. The number of amides is 1. The van der Waals surface area contributed by atoms with E-state index in [4.69, 9.17) is 25.8 Å². The number of rotatable bonds is 7. The highest BCUT2D eigenvalue weighted by atomic mass is 35.5. The molecule has 2 aromatic carbocycles. The lowest BCUT2D eigenvalue weighted by Gasteiger charge is -2.16. The van der Waals surface area contributed by atoms with Gasteiger partial charge >= 0.3 is 0 Å². The van der Waals surface area contributed by atoms with Crippen LogP contribution in [0.2, 0.25) is 5.02 Å². The maximum absolute atomic E-state index is 12.4. The average Bonchev–Trinajstić information content (AvgIpc) is 3.04. The van der Waals surface area contributed by atoms with Gasteiger partial charge in [0, 0.05) is 0 Å². The Bertz CT molecular complexity index is 987. The molecule has 0 spiro atoms. The van der Waals surface area contributed by atoms with Crippen molar-refractivity contribution in [3.8, 4) is 17.2 Å². The standard InChI is InChI=1S/C22H23ClN2O4S/c1-5-28-18-11-14(10-17(23)20(18)29-13(2)3)12-19-21(26)25-22(30-19)24-15-6-8-16(27-4)9-7-15/h6-13H,5H2,1-4H3,(H,24,25,26)/b19-12+. The van der Waals surface area contributed by atoms with Crippen molar-refractivity contribution < 1.29 is 19.0 Å². The Morgan fingerprint density at radius 3 is 2.60 bits per heavy atom. The first-order valence-electron chi connectivity index (χ1n) is 9.46. The van der Waals surface area contributed by atoms with Gasteiger partial charge in [0.1, 0.15) is 5.75 Å². The van der Waals surface area contributed by atoms with Crippen LogP contribution >= 0.6 is 23.4 Å². The number of benzene rings is 2. The Labute approximate surface area is 185 Å². The summed E-state index contributed by atoms with van der Waals surface area (Å²) < 4.78 is 16.6. The first-order chi connectivity index (χ1) is 14.4. The molecule has 0 aliphatic carbocycles. The molecule has 1 saturated heterocycles. The van der Waals surface area contributed by atoms with Crippen molar-refractivity contribution >= 4 is 46.2 Å². The molecule has 1 amide bonds. The predicted octanol–water partition coefficient (Wildman–Crippen LogP) is 5.43. The zero-order valence-electron chi connectivity index (χ0n) is 17.2. The Kier molecular flexibility index (Phi) is 7.29. The first kappa shape index (κ1) is 22.1. The molecule has 0 radical (unpaired) electrons. The van der Waals surface area contributed by atoms with E-state index in [-0.39, 0.29) is 12.0 Å². The summed E-state index contributed by atoms with van der Waals surface area (Å²) in [6.07, 6.45) is 1.71. The lowest BCUT2D eigenvalue weighted by molar-refractivity contribution is -0.115. The van der Waals surface area contributed by atoms with Crippen molar-refractivity contribution in [1.29, 1.82) is 0 Å². The number of carbonyl (C=O) groups is 1. The van der Waals surface area contributed by atoms with E-state index in [2.05, 4.69) is 10.3 Å². The second-order valence-corrected chi connectivity index (χ2v) is 8.05. The molecule has 30 heavy (non-hydrogen) atoms. The Hall–Kier alpha value is -2.64. The van der Waals surface area contributed by atoms with Gasteiger partial charge in [-0.2, -0.15) is 0 Å². The highest BCUT2D eigenvalue weighted by Gasteiger charge is 2.24. The molecule has 0 bridgehead atoms. The molecule has 0 saturated carbocycles. The minimum atomic E-state index is -0.219. The number of hydrogen-bond acceptors (Lipinski definition) is 6. The van der Waals surface area contributed by atoms with Gasteiger partial charge in [0.15, 0.2) is 16.7 Å². The first-order valence-corrected chi connectivity index (χ1v) is 10.7. The molecule has 1 fully saturated rings. The number of hydrogen-bond donors (Lipinski definition) is 1. The van der Waals surface area contributed by atoms with Gasteiger partial charge in [-0.3, -0.25) is 4.79 Å². The van der Waals surface area contributed by atoms with E-state index in [1.54, 1.807) is 19.3 Å². The van der Waals surface area contributed by atoms with Gasteiger partial charge < -0.3 is 19.5 Å². The summed E-state index contributed by atoms with van der Waals surface area (Å²) in [5, 5.41) is 3.71. The number of thioether (sulfide) groups is 1. The summed E-state index contributed by atoms with van der Waals surface area (Å²) >= 11 is 7.68. The number of ether oxygens (including phenoxy) is 3. The van der Waals surface area contributed by atoms with Crippen LogP contribution in [0.4, 0.5) is 5.69 Å². The molecule has 2 aromatic rings. The Balaban J connectivity index is 1.85. The van der Waals surface area contributed by atoms with Gasteiger partial charge in [-0.05, 0) is 80.6 Å². The highest BCUT2D eigenvalue weighted by molar-refractivity contribution is 8.18. The molecule has 0 unspecified atom stereocenters. The van der Waals surface area contributed by atoms with Crippen LogP contribution in [0.25, 0.3) is 6.08 Å². The molecule has 158 valence electrons. The Morgan fingerprint density at radius 1 is 1.23 bits per heavy atom. The van der Waals surface area contributed by atoms with E-state index < -0.39 is 0 Å². The number of carbonyl (C=O) groups excluding carboxylic acids is 1. The molecule has 3 rings (SSSR count). The SMILES string of the molecule is CCOc1cc(/C=C2/SC(=Nc3ccc(OC)cc3)NC2=O)cc(Cl)c1OC(C)C. The third-order valence-corrected chi connectivity index (χ3v) is 5.13. The minimum Gasteiger partial charge on any atom is -0.497 e. The van der Waals surface area contributed by atoms with E-state index in [0.29, 0.717) is 33.2 Å². The quantitative estimate of drug-likeness (QED) is 0.574. The average molecular weight is 447 g/mol. The van der Waals surface area contributed by atoms with E-state index in [0.717, 1.165) is 17.0 Å². The normalized spacial score (nSPS) is 16.3. The van der Waals surface area contributed by atoms with Crippen LogP contribution in [0.1, 0.15) is 26.3 Å². The van der Waals surface area contributed by atoms with Crippen molar-refractivity contribution in [2.75, 3.05) is 13.7 Å².